The molecule has 3 rings (SSSR count). The normalized spacial score (nSPS) is 23.9. The molecule has 2 aliphatic heterocycles. The van der Waals surface area contributed by atoms with Gasteiger partial charge in [0.15, 0.2) is 6.10 Å². The molecule has 2 heterocycles. The van der Waals surface area contributed by atoms with Crippen molar-refractivity contribution in [3.8, 4) is 5.75 Å². The lowest BCUT2D eigenvalue weighted by atomic mass is 9.98. The van der Waals surface area contributed by atoms with Gasteiger partial charge in [0.1, 0.15) is 30.7 Å². The van der Waals surface area contributed by atoms with Crippen LogP contribution >= 0.6 is 0 Å². The van der Waals surface area contributed by atoms with Crippen molar-refractivity contribution in [3.63, 3.8) is 0 Å². The number of nitrogens with one attached hydrogen (secondary N) is 1. The van der Waals surface area contributed by atoms with Crippen molar-refractivity contribution < 1.29 is 53.8 Å². The number of carbonyl (C=O) groups excluding carboxylic acids is 3. The van der Waals surface area contributed by atoms with Gasteiger partial charge in [0.2, 0.25) is 18.1 Å². The second-order valence-corrected chi connectivity index (χ2v) is 11.5. The van der Waals surface area contributed by atoms with Gasteiger partial charge in [-0.15, -0.1) is 0 Å². The van der Waals surface area contributed by atoms with Crippen LogP contribution in [0.1, 0.15) is 57.6 Å². The minimum atomic E-state index is -1.86. The quantitative estimate of drug-likeness (QED) is 0.130. The molecule has 0 radical (unpaired) electrons. The van der Waals surface area contributed by atoms with E-state index >= 15 is 0 Å². The monoisotopic (exact) mass is 620 g/mol. The predicted molar refractivity (Wildman–Crippen MR) is 156 cm³/mol. The van der Waals surface area contributed by atoms with Crippen molar-refractivity contribution in [2.75, 3.05) is 19.6 Å². The summed E-state index contributed by atoms with van der Waals surface area (Å²) in [7, 11) is 0. The Balaban J connectivity index is 1.57. The number of hydrogen-bond acceptors (Lipinski definition) is 10. The van der Waals surface area contributed by atoms with E-state index in [1.165, 1.54) is 6.08 Å². The number of nitrogens with zero attached hydrogens (tertiary/aromatic N) is 1. The molecule has 44 heavy (non-hydrogen) atoms. The van der Waals surface area contributed by atoms with Crippen LogP contribution in [0.4, 0.5) is 0 Å². The first-order valence-electron chi connectivity index (χ1n) is 15.0. The van der Waals surface area contributed by atoms with Crippen molar-refractivity contribution in [1.82, 2.24) is 10.2 Å². The van der Waals surface area contributed by atoms with Crippen molar-refractivity contribution in [2.45, 2.75) is 90.2 Å². The molecule has 0 aromatic heterocycles. The van der Waals surface area contributed by atoms with Crippen LogP contribution in [-0.4, -0.2) is 99.4 Å². The van der Waals surface area contributed by atoms with Crippen LogP contribution in [0.15, 0.2) is 30.4 Å². The van der Waals surface area contributed by atoms with E-state index in [1.807, 2.05) is 19.9 Å². The molecule has 0 bridgehead atoms. The van der Waals surface area contributed by atoms with Crippen molar-refractivity contribution in [3.05, 3.63) is 41.5 Å². The highest BCUT2D eigenvalue weighted by Crippen LogP contribution is 2.29. The summed E-state index contributed by atoms with van der Waals surface area (Å²) in [6, 6.07) is 5.22. The summed E-state index contributed by atoms with van der Waals surface area (Å²) in [5.41, 5.74) is 1.29. The second kappa shape index (κ2) is 16.5. The van der Waals surface area contributed by atoms with Crippen molar-refractivity contribution >= 4 is 23.8 Å². The lowest BCUT2D eigenvalue weighted by molar-refractivity contribution is -0.271. The van der Waals surface area contributed by atoms with Crippen LogP contribution < -0.4 is 10.1 Å². The molecule has 0 aliphatic carbocycles. The number of amides is 2. The Hall–Kier alpha value is -3.52. The topological polar surface area (TPSA) is 192 Å². The fraction of sp³-hybridized carbons (Fsp3) is 0.613. The van der Waals surface area contributed by atoms with Crippen LogP contribution in [0.3, 0.4) is 0 Å². The average Bonchev–Trinajstić information content (AvgIpc) is 3.40. The minimum absolute atomic E-state index is 0.0683. The van der Waals surface area contributed by atoms with Crippen LogP contribution in [-0.2, 0) is 41.7 Å². The molecule has 0 saturated carbocycles. The number of ether oxygens (including phenoxy) is 3. The Morgan fingerprint density at radius 1 is 1.07 bits per heavy atom. The van der Waals surface area contributed by atoms with E-state index in [-0.39, 0.29) is 42.4 Å². The first kappa shape index (κ1) is 35.0. The van der Waals surface area contributed by atoms with Gasteiger partial charge in [-0.3, -0.25) is 14.4 Å². The number of unbranched alkanes of at least 4 members (excludes halogenated alkanes) is 2. The van der Waals surface area contributed by atoms with Gasteiger partial charge < -0.3 is 44.9 Å². The van der Waals surface area contributed by atoms with Gasteiger partial charge in [0.05, 0.1) is 5.92 Å². The first-order valence-corrected chi connectivity index (χ1v) is 15.0. The highest BCUT2D eigenvalue weighted by atomic mass is 16.7. The van der Waals surface area contributed by atoms with Crippen molar-refractivity contribution in [1.29, 1.82) is 0 Å². The Morgan fingerprint density at radius 3 is 2.48 bits per heavy atom. The standard InChI is InChI=1S/C31H44N2O11/c1-18(2)19(3)30(41)42-17-21-11-10-20(8-5-4-6-13-32-23(34)12-15-33-14-7-9-24(33)35)16-22(21)43-31-27(38)25(36)26(37)28(44-31)29(39)40/h7,9-11,16,18-19,25-28,31,36-38H,4-6,8,12-15,17H2,1-3H3,(H,32,34)(H,39,40)/t19?,25-,26-,27+,28-,31+/m0/s1. The highest BCUT2D eigenvalue weighted by Gasteiger charge is 2.48. The number of aryl methyl sites for hydroxylation is 1. The summed E-state index contributed by atoms with van der Waals surface area (Å²) in [4.78, 5) is 49.2. The molecular formula is C31H44N2O11. The number of aliphatic hydroxyl groups is 3. The van der Waals surface area contributed by atoms with E-state index in [2.05, 4.69) is 5.32 Å². The Morgan fingerprint density at radius 2 is 1.82 bits per heavy atom. The van der Waals surface area contributed by atoms with Gasteiger partial charge in [0, 0.05) is 37.7 Å². The molecule has 5 N–H and O–H groups in total. The number of rotatable bonds is 16. The summed E-state index contributed by atoms with van der Waals surface area (Å²) in [5, 5.41) is 42.9. The largest absolute Gasteiger partial charge is 0.479 e. The maximum atomic E-state index is 12.5. The Bertz CT molecular complexity index is 1190. The Kier molecular flexibility index (Phi) is 13.1. The van der Waals surface area contributed by atoms with Crippen LogP contribution in [0, 0.1) is 11.8 Å². The van der Waals surface area contributed by atoms with Crippen LogP contribution in [0.2, 0.25) is 0 Å². The maximum Gasteiger partial charge on any atom is 0.335 e. The van der Waals surface area contributed by atoms with Gasteiger partial charge in [-0.05, 0) is 36.8 Å². The number of aliphatic carboxylic acids is 1. The summed E-state index contributed by atoms with van der Waals surface area (Å²) in [6.07, 6.45) is -2.39. The summed E-state index contributed by atoms with van der Waals surface area (Å²) in [6.45, 7) is 6.84. The molecule has 1 fully saturated rings. The van der Waals surface area contributed by atoms with E-state index in [4.69, 9.17) is 14.2 Å². The molecule has 2 amide bonds. The highest BCUT2D eigenvalue weighted by molar-refractivity contribution is 5.90. The van der Waals surface area contributed by atoms with E-state index < -0.39 is 42.6 Å². The number of carboxylic acids is 1. The smallest absolute Gasteiger partial charge is 0.335 e. The third-order valence-electron chi connectivity index (χ3n) is 7.90. The van der Waals surface area contributed by atoms with Gasteiger partial charge >= 0.3 is 11.9 Å². The Labute approximate surface area is 256 Å². The number of aliphatic hydroxyl groups excluding tert-OH is 3. The number of carbonyl (C=O) groups is 4. The zero-order valence-electron chi connectivity index (χ0n) is 25.4. The van der Waals surface area contributed by atoms with E-state index in [9.17, 15) is 39.6 Å². The molecule has 1 aromatic carbocycles. The van der Waals surface area contributed by atoms with E-state index in [0.717, 1.165) is 24.8 Å². The summed E-state index contributed by atoms with van der Waals surface area (Å²) >= 11 is 0. The van der Waals surface area contributed by atoms with Gasteiger partial charge in [-0.1, -0.05) is 45.4 Å². The first-order chi connectivity index (χ1) is 20.9. The number of hydrogen-bond donors (Lipinski definition) is 5. The molecule has 1 saturated heterocycles. The molecule has 13 nitrogen and oxygen atoms in total. The number of benzene rings is 1. The average molecular weight is 621 g/mol. The maximum absolute atomic E-state index is 12.5. The molecule has 1 unspecified atom stereocenters. The molecule has 1 aromatic rings. The van der Waals surface area contributed by atoms with Gasteiger partial charge in [-0.25, -0.2) is 4.79 Å². The third-order valence-corrected chi connectivity index (χ3v) is 7.90. The zero-order valence-corrected chi connectivity index (χ0v) is 25.4. The van der Waals surface area contributed by atoms with E-state index in [0.29, 0.717) is 31.6 Å². The van der Waals surface area contributed by atoms with Gasteiger partial charge in [-0.2, -0.15) is 0 Å². The molecule has 0 spiro atoms. The molecule has 6 atom stereocenters. The lowest BCUT2D eigenvalue weighted by Crippen LogP contribution is -2.61. The zero-order chi connectivity index (χ0) is 32.4. The molecular weight excluding hydrogens is 576 g/mol. The molecule has 244 valence electrons. The minimum Gasteiger partial charge on any atom is -0.479 e. The summed E-state index contributed by atoms with van der Waals surface area (Å²) < 4.78 is 16.6. The predicted octanol–water partition coefficient (Wildman–Crippen LogP) is 0.910. The number of esters is 1. The van der Waals surface area contributed by atoms with Crippen molar-refractivity contribution in [2.24, 2.45) is 11.8 Å². The lowest BCUT2D eigenvalue weighted by Gasteiger charge is -2.38. The SMILES string of the molecule is CC(C)C(C)C(=O)OCc1ccc(CCCCCNC(=O)CCN2CC=CC2=O)cc1O[C@@H]1O[C@H](C(=O)O)[C@@H](O)[C@H](O)[C@H]1O. The van der Waals surface area contributed by atoms with Crippen LogP contribution in [0.25, 0.3) is 0 Å². The fourth-order valence-electron chi connectivity index (χ4n) is 4.67. The fourth-order valence-corrected chi connectivity index (χ4v) is 4.67. The summed E-state index contributed by atoms with van der Waals surface area (Å²) in [5.74, 6) is -2.22. The third kappa shape index (κ3) is 9.74. The van der Waals surface area contributed by atoms with Gasteiger partial charge in [0.25, 0.3) is 0 Å². The number of carboxylic acid groups (broad SMARTS) is 1. The molecule has 13 heteroatoms. The van der Waals surface area contributed by atoms with Crippen LogP contribution in [0.5, 0.6) is 5.75 Å². The second-order valence-electron chi connectivity index (χ2n) is 11.5. The van der Waals surface area contributed by atoms with E-state index in [1.54, 1.807) is 30.0 Å². The molecule has 2 aliphatic rings.